The number of β-lactam (4-membered cyclic amide) rings is 1. The number of nitrogens with zero attached hydrogens (tertiary/aromatic N) is 3. The summed E-state index contributed by atoms with van der Waals surface area (Å²) >= 11 is 0. The van der Waals surface area contributed by atoms with E-state index in [0.29, 0.717) is 30.0 Å². The number of carboxylic acids is 1. The molecule has 3 atom stereocenters. The molecule has 30 heavy (non-hydrogen) atoms. The number of urea groups is 1. The summed E-state index contributed by atoms with van der Waals surface area (Å²) in [7, 11) is 0. The van der Waals surface area contributed by atoms with Crippen LogP contribution in [-0.4, -0.2) is 51.7 Å². The molecule has 0 aromatic carbocycles. The van der Waals surface area contributed by atoms with E-state index in [-0.39, 0.29) is 25.2 Å². The number of carbonyl (C=O) groups excluding carboxylic acids is 2. The van der Waals surface area contributed by atoms with Crippen LogP contribution in [0, 0.1) is 17.8 Å². The topological polar surface area (TPSA) is 125 Å². The van der Waals surface area contributed by atoms with Gasteiger partial charge in [0.15, 0.2) is 6.04 Å². The number of carboxylic acid groups (broad SMARTS) is 1. The van der Waals surface area contributed by atoms with E-state index < -0.39 is 47.7 Å². The van der Waals surface area contributed by atoms with Crippen molar-refractivity contribution in [3.05, 3.63) is 12.3 Å². The third-order valence-corrected chi connectivity index (χ3v) is 5.80. The van der Waals surface area contributed by atoms with E-state index in [2.05, 4.69) is 9.98 Å². The molecule has 2 aliphatic heterocycles. The smallest absolute Gasteiger partial charge is 0.429 e. The van der Waals surface area contributed by atoms with Crippen LogP contribution in [0.15, 0.2) is 22.3 Å². The standard InChI is InChI=1S/C19H23F3N4O4/c20-19(21,22)15(11-4-2-1-3-5-11)25-18(30)26-14(17(28)29)12(16(26)27)8-10-6-7-24-13(23)9-10/h6-7,10-12,14H,1-5,8-9H2,(H2,23,24)(H,28,29)/t10?,12-,14+/m1/s1. The van der Waals surface area contributed by atoms with Crippen molar-refractivity contribution in [3.8, 4) is 0 Å². The van der Waals surface area contributed by atoms with E-state index in [1.807, 2.05) is 0 Å². The van der Waals surface area contributed by atoms with Gasteiger partial charge in [-0.05, 0) is 25.2 Å². The molecule has 8 nitrogen and oxygen atoms in total. The number of hydrogen-bond donors (Lipinski definition) is 2. The summed E-state index contributed by atoms with van der Waals surface area (Å²) in [5.41, 5.74) is 4.41. The molecule has 3 aliphatic rings. The molecule has 11 heteroatoms. The third-order valence-electron chi connectivity index (χ3n) is 5.80. The van der Waals surface area contributed by atoms with Crippen LogP contribution in [0.2, 0.25) is 0 Å². The monoisotopic (exact) mass is 428 g/mol. The Morgan fingerprint density at radius 2 is 1.93 bits per heavy atom. The summed E-state index contributed by atoms with van der Waals surface area (Å²) in [5.74, 6) is -4.17. The zero-order valence-electron chi connectivity index (χ0n) is 16.1. The van der Waals surface area contributed by atoms with Crippen molar-refractivity contribution in [1.29, 1.82) is 0 Å². The van der Waals surface area contributed by atoms with Gasteiger partial charge in [-0.3, -0.25) is 4.79 Å². The number of hydrogen-bond acceptors (Lipinski definition) is 5. The van der Waals surface area contributed by atoms with Crippen LogP contribution in [0.4, 0.5) is 18.0 Å². The van der Waals surface area contributed by atoms with Crippen molar-refractivity contribution in [2.75, 3.05) is 0 Å². The predicted molar refractivity (Wildman–Crippen MR) is 101 cm³/mol. The number of amidine groups is 1. The van der Waals surface area contributed by atoms with Crippen LogP contribution in [0.25, 0.3) is 0 Å². The first-order chi connectivity index (χ1) is 14.1. The van der Waals surface area contributed by atoms with Gasteiger partial charge < -0.3 is 10.8 Å². The fourth-order valence-electron chi connectivity index (χ4n) is 4.33. The Balaban J connectivity index is 1.77. The fraction of sp³-hybridized carbons (Fsp3) is 0.632. The van der Waals surface area contributed by atoms with E-state index in [1.165, 1.54) is 6.20 Å². The minimum atomic E-state index is -4.83. The molecule has 1 unspecified atom stereocenters. The number of likely N-dealkylation sites (tertiary alicyclic amines) is 1. The zero-order chi connectivity index (χ0) is 22.1. The molecular weight excluding hydrogens is 405 g/mol. The number of alkyl halides is 3. The summed E-state index contributed by atoms with van der Waals surface area (Å²) < 4.78 is 40.5. The molecule has 3 N–H and O–H groups in total. The molecule has 2 fully saturated rings. The number of nitrogens with two attached hydrogens (primary N) is 1. The Bertz CT molecular complexity index is 815. The minimum absolute atomic E-state index is 0.102. The molecule has 1 saturated carbocycles. The Kier molecular flexibility index (Phi) is 6.27. The minimum Gasteiger partial charge on any atom is -0.480 e. The van der Waals surface area contributed by atoms with Gasteiger partial charge in [0, 0.05) is 18.5 Å². The lowest BCUT2D eigenvalue weighted by molar-refractivity contribution is -0.166. The number of carbonyl (C=O) groups is 3. The summed E-state index contributed by atoms with van der Waals surface area (Å²) in [6.07, 6.45) is 1.24. The van der Waals surface area contributed by atoms with Gasteiger partial charge in [-0.1, -0.05) is 25.3 Å². The van der Waals surface area contributed by atoms with E-state index in [1.54, 1.807) is 6.08 Å². The van der Waals surface area contributed by atoms with Gasteiger partial charge in [0.25, 0.3) is 0 Å². The van der Waals surface area contributed by atoms with Crippen molar-refractivity contribution in [3.63, 3.8) is 0 Å². The number of rotatable bonds is 4. The quantitative estimate of drug-likeness (QED) is 0.526. The lowest BCUT2D eigenvalue weighted by Gasteiger charge is -2.43. The number of aliphatic carboxylic acids is 1. The third kappa shape index (κ3) is 4.54. The number of aliphatic imine (C=N–C) groups is 2. The second-order valence-electron chi connectivity index (χ2n) is 7.87. The van der Waals surface area contributed by atoms with E-state index in [0.717, 1.165) is 6.42 Å². The second kappa shape index (κ2) is 8.57. The zero-order valence-corrected chi connectivity index (χ0v) is 16.1. The Hall–Kier alpha value is -2.72. The predicted octanol–water partition coefficient (Wildman–Crippen LogP) is 2.88. The Labute approximate surface area is 170 Å². The van der Waals surface area contributed by atoms with Gasteiger partial charge in [0.05, 0.1) is 11.8 Å². The Morgan fingerprint density at radius 3 is 2.50 bits per heavy atom. The molecular formula is C19H23F3N4O4. The van der Waals surface area contributed by atoms with Crippen LogP contribution < -0.4 is 5.73 Å². The molecule has 0 spiro atoms. The first-order valence-electron chi connectivity index (χ1n) is 9.84. The maximum atomic E-state index is 13.5. The molecule has 2 heterocycles. The van der Waals surface area contributed by atoms with Gasteiger partial charge >= 0.3 is 18.2 Å². The SMILES string of the molecule is NC1=NC=CC(C[C@H]2C(=O)N(C(=O)N=C(C3CCCCC3)C(F)(F)F)[C@@H]2C(=O)O)C1. The highest BCUT2D eigenvalue weighted by Crippen LogP contribution is 2.37. The van der Waals surface area contributed by atoms with E-state index >= 15 is 0 Å². The number of amides is 3. The number of halogens is 3. The van der Waals surface area contributed by atoms with Crippen molar-refractivity contribution in [2.24, 2.45) is 33.5 Å². The van der Waals surface area contributed by atoms with Gasteiger partial charge in [-0.25, -0.2) is 19.5 Å². The second-order valence-corrected chi connectivity index (χ2v) is 7.87. The number of imide groups is 1. The number of allylic oxidation sites excluding steroid dienone is 1. The molecule has 0 aromatic rings. The van der Waals surface area contributed by atoms with Gasteiger partial charge in [0.1, 0.15) is 5.71 Å². The summed E-state index contributed by atoms with van der Waals surface area (Å²) in [4.78, 5) is 44.0. The molecule has 1 aliphatic carbocycles. The van der Waals surface area contributed by atoms with Crippen LogP contribution >= 0.6 is 0 Å². The first kappa shape index (κ1) is 22.0. The lowest BCUT2D eigenvalue weighted by Crippen LogP contribution is -2.66. The van der Waals surface area contributed by atoms with Crippen molar-refractivity contribution in [1.82, 2.24) is 4.90 Å². The van der Waals surface area contributed by atoms with Crippen LogP contribution in [0.5, 0.6) is 0 Å². The van der Waals surface area contributed by atoms with Crippen LogP contribution in [-0.2, 0) is 9.59 Å². The van der Waals surface area contributed by atoms with Crippen LogP contribution in [0.1, 0.15) is 44.9 Å². The van der Waals surface area contributed by atoms with Gasteiger partial charge in [0.2, 0.25) is 5.91 Å². The Morgan fingerprint density at radius 1 is 1.27 bits per heavy atom. The normalized spacial score (nSPS) is 28.2. The summed E-state index contributed by atoms with van der Waals surface area (Å²) in [6, 6.07) is -3.02. The molecule has 3 amide bonds. The summed E-state index contributed by atoms with van der Waals surface area (Å²) in [5, 5.41) is 9.48. The molecule has 0 bridgehead atoms. The maximum Gasteiger partial charge on any atom is 0.429 e. The molecule has 3 rings (SSSR count). The average Bonchev–Trinajstić information content (AvgIpc) is 2.67. The maximum absolute atomic E-state index is 13.5. The van der Waals surface area contributed by atoms with Crippen molar-refractivity contribution in [2.45, 2.75) is 57.2 Å². The van der Waals surface area contributed by atoms with Crippen molar-refractivity contribution < 1.29 is 32.7 Å². The average molecular weight is 428 g/mol. The highest BCUT2D eigenvalue weighted by molar-refractivity contribution is 6.11. The van der Waals surface area contributed by atoms with Gasteiger partial charge in [-0.2, -0.15) is 18.2 Å². The van der Waals surface area contributed by atoms with Gasteiger partial charge in [-0.15, -0.1) is 0 Å². The van der Waals surface area contributed by atoms with E-state index in [9.17, 15) is 32.7 Å². The molecule has 0 aromatic heterocycles. The van der Waals surface area contributed by atoms with Crippen molar-refractivity contribution >= 4 is 29.5 Å². The highest BCUT2D eigenvalue weighted by atomic mass is 19.4. The first-order valence-corrected chi connectivity index (χ1v) is 9.84. The molecule has 1 saturated heterocycles. The van der Waals surface area contributed by atoms with Crippen LogP contribution in [0.3, 0.4) is 0 Å². The highest BCUT2D eigenvalue weighted by Gasteiger charge is 2.55. The molecule has 164 valence electrons. The van der Waals surface area contributed by atoms with E-state index in [4.69, 9.17) is 5.73 Å². The summed E-state index contributed by atoms with van der Waals surface area (Å²) in [6.45, 7) is 0. The fourth-order valence-corrected chi connectivity index (χ4v) is 4.33. The lowest BCUT2D eigenvalue weighted by atomic mass is 9.79. The largest absolute Gasteiger partial charge is 0.480 e. The molecule has 0 radical (unpaired) electrons.